The van der Waals surface area contributed by atoms with Gasteiger partial charge in [-0.05, 0) is 49.0 Å². The monoisotopic (exact) mass is 454 g/mol. The highest BCUT2D eigenvalue weighted by Gasteiger charge is 2.27. The van der Waals surface area contributed by atoms with E-state index < -0.39 is 23.9 Å². The Hall–Kier alpha value is -3.39. The summed E-state index contributed by atoms with van der Waals surface area (Å²) < 4.78 is 14.7. The lowest BCUT2D eigenvalue weighted by molar-refractivity contribution is -0.137. The number of fused-ring (bicyclic) bond motifs is 2. The zero-order valence-corrected chi connectivity index (χ0v) is 17.8. The fourth-order valence-corrected chi connectivity index (χ4v) is 4.59. The van der Waals surface area contributed by atoms with Gasteiger partial charge < -0.3 is 14.9 Å². The molecule has 0 bridgehead atoms. The van der Waals surface area contributed by atoms with Gasteiger partial charge in [-0.2, -0.15) is 0 Å². The summed E-state index contributed by atoms with van der Waals surface area (Å²) in [7, 11) is 0. The van der Waals surface area contributed by atoms with Crippen molar-refractivity contribution in [2.24, 2.45) is 0 Å². The third-order valence-corrected chi connectivity index (χ3v) is 6.30. The van der Waals surface area contributed by atoms with Crippen molar-refractivity contribution < 1.29 is 14.3 Å². The molecule has 32 heavy (non-hydrogen) atoms. The first-order valence-electron chi connectivity index (χ1n) is 10.3. The number of carbonyl (C=O) groups is 1. The van der Waals surface area contributed by atoms with E-state index in [1.165, 1.54) is 18.2 Å². The van der Waals surface area contributed by atoms with E-state index in [2.05, 4.69) is 27.1 Å². The number of hydrogen-bond donors (Lipinski definition) is 1. The van der Waals surface area contributed by atoms with Crippen LogP contribution < -0.4 is 10.5 Å². The van der Waals surface area contributed by atoms with Crippen LogP contribution in [-0.2, 0) is 11.3 Å². The molecule has 1 fully saturated rings. The lowest BCUT2D eigenvalue weighted by Crippen LogP contribution is -2.49. The summed E-state index contributed by atoms with van der Waals surface area (Å²) in [4.78, 5) is 34.0. The molecule has 5 rings (SSSR count). The largest absolute Gasteiger partial charge is 0.480 e. The number of rotatable bonds is 4. The van der Waals surface area contributed by atoms with Crippen molar-refractivity contribution in [3.63, 3.8) is 0 Å². The molecule has 0 saturated carbocycles. The van der Waals surface area contributed by atoms with E-state index in [1.807, 2.05) is 6.07 Å². The second-order valence-electron chi connectivity index (χ2n) is 8.01. The van der Waals surface area contributed by atoms with Crippen LogP contribution in [0.15, 0.2) is 53.5 Å². The van der Waals surface area contributed by atoms with E-state index in [0.717, 1.165) is 36.3 Å². The second-order valence-corrected chi connectivity index (χ2v) is 8.42. The van der Waals surface area contributed by atoms with E-state index in [9.17, 15) is 19.1 Å². The van der Waals surface area contributed by atoms with Crippen molar-refractivity contribution in [3.8, 4) is 11.4 Å². The summed E-state index contributed by atoms with van der Waals surface area (Å²) in [6, 6.07) is 9.83. The lowest BCUT2D eigenvalue weighted by Gasteiger charge is -2.39. The van der Waals surface area contributed by atoms with Crippen LogP contribution in [0.4, 0.5) is 10.1 Å². The molecule has 0 aliphatic carbocycles. The van der Waals surface area contributed by atoms with Gasteiger partial charge in [0.1, 0.15) is 18.2 Å². The van der Waals surface area contributed by atoms with Gasteiger partial charge in [-0.15, -0.1) is 0 Å². The van der Waals surface area contributed by atoms with Crippen LogP contribution in [0.2, 0.25) is 5.02 Å². The summed E-state index contributed by atoms with van der Waals surface area (Å²) in [6.07, 6.45) is 5.31. The number of hydrogen-bond acceptors (Lipinski definition) is 5. The molecule has 3 heterocycles. The SMILES string of the molecule is O=C(O)Cn1c(-c2ccc(F)c(Cl)c2)nc2ccc(N3CCN4C=CCC4C3)cc2c1=O. The molecule has 1 unspecified atom stereocenters. The quantitative estimate of drug-likeness (QED) is 0.651. The zero-order valence-electron chi connectivity index (χ0n) is 17.0. The van der Waals surface area contributed by atoms with E-state index in [1.54, 1.807) is 12.1 Å². The average molecular weight is 455 g/mol. The van der Waals surface area contributed by atoms with Crippen molar-refractivity contribution in [2.45, 2.75) is 19.0 Å². The first-order chi connectivity index (χ1) is 15.4. The van der Waals surface area contributed by atoms with Crippen LogP contribution >= 0.6 is 11.6 Å². The van der Waals surface area contributed by atoms with Gasteiger partial charge in [0.25, 0.3) is 5.56 Å². The molecule has 1 saturated heterocycles. The molecule has 7 nitrogen and oxygen atoms in total. The molecular weight excluding hydrogens is 435 g/mol. The molecule has 0 spiro atoms. The van der Waals surface area contributed by atoms with Gasteiger partial charge in [0.15, 0.2) is 0 Å². The second kappa shape index (κ2) is 7.94. The Morgan fingerprint density at radius 3 is 2.84 bits per heavy atom. The predicted octanol–water partition coefficient (Wildman–Crippen LogP) is 3.35. The Morgan fingerprint density at radius 2 is 2.06 bits per heavy atom. The Morgan fingerprint density at radius 1 is 1.22 bits per heavy atom. The number of benzene rings is 2. The number of carboxylic acids is 1. The van der Waals surface area contributed by atoms with Gasteiger partial charge >= 0.3 is 5.97 Å². The van der Waals surface area contributed by atoms with Gasteiger partial charge in [-0.3, -0.25) is 14.2 Å². The highest BCUT2D eigenvalue weighted by atomic mass is 35.5. The fourth-order valence-electron chi connectivity index (χ4n) is 4.41. The molecule has 1 N–H and O–H groups in total. The number of aliphatic carboxylic acids is 1. The van der Waals surface area contributed by atoms with Gasteiger partial charge in [0, 0.05) is 36.9 Å². The summed E-state index contributed by atoms with van der Waals surface area (Å²) in [5, 5.41) is 9.60. The molecule has 3 aromatic rings. The molecule has 2 aromatic carbocycles. The number of aromatic nitrogens is 2. The third kappa shape index (κ3) is 3.60. The average Bonchev–Trinajstić information content (AvgIpc) is 3.25. The topological polar surface area (TPSA) is 78.7 Å². The van der Waals surface area contributed by atoms with Crippen LogP contribution in [-0.4, -0.2) is 51.2 Å². The maximum Gasteiger partial charge on any atom is 0.323 e. The third-order valence-electron chi connectivity index (χ3n) is 6.01. The van der Waals surface area contributed by atoms with Crippen molar-refractivity contribution in [2.75, 3.05) is 24.5 Å². The minimum Gasteiger partial charge on any atom is -0.480 e. The van der Waals surface area contributed by atoms with Crippen molar-refractivity contribution >= 4 is 34.2 Å². The van der Waals surface area contributed by atoms with E-state index in [4.69, 9.17) is 11.6 Å². The number of anilines is 1. The normalized spacial score (nSPS) is 17.8. The molecule has 1 aromatic heterocycles. The van der Waals surface area contributed by atoms with Crippen LogP contribution in [0.25, 0.3) is 22.3 Å². The van der Waals surface area contributed by atoms with Gasteiger partial charge in [-0.25, -0.2) is 9.37 Å². The lowest BCUT2D eigenvalue weighted by atomic mass is 10.1. The smallest absolute Gasteiger partial charge is 0.323 e. The minimum atomic E-state index is -1.18. The number of carboxylic acid groups (broad SMARTS) is 1. The van der Waals surface area contributed by atoms with Crippen molar-refractivity contribution in [1.29, 1.82) is 0 Å². The molecule has 1 atom stereocenters. The maximum absolute atomic E-state index is 13.6. The van der Waals surface area contributed by atoms with Crippen LogP contribution in [0.5, 0.6) is 0 Å². The Kier molecular flexibility index (Phi) is 5.09. The number of halogens is 2. The Balaban J connectivity index is 1.60. The molecule has 0 radical (unpaired) electrons. The van der Waals surface area contributed by atoms with Gasteiger partial charge in [-0.1, -0.05) is 17.7 Å². The van der Waals surface area contributed by atoms with Gasteiger partial charge in [0.05, 0.1) is 15.9 Å². The van der Waals surface area contributed by atoms with Crippen molar-refractivity contribution in [1.82, 2.24) is 14.5 Å². The highest BCUT2D eigenvalue weighted by Crippen LogP contribution is 2.28. The van der Waals surface area contributed by atoms with Crippen LogP contribution in [0.3, 0.4) is 0 Å². The molecular formula is C23H20ClFN4O3. The van der Waals surface area contributed by atoms with Crippen LogP contribution in [0, 0.1) is 5.82 Å². The standard InChI is InChI=1S/C23H20ClFN4O3/c24-18-10-14(3-5-19(18)25)22-26-20-6-4-15(11-17(20)23(32)29(22)13-21(30)31)28-9-8-27-7-1-2-16(27)12-28/h1,3-7,10-11,16H,2,8-9,12-13H2,(H,30,31). The zero-order chi connectivity index (χ0) is 22.4. The predicted molar refractivity (Wildman–Crippen MR) is 121 cm³/mol. The number of piperazine rings is 1. The van der Waals surface area contributed by atoms with Gasteiger partial charge in [0.2, 0.25) is 0 Å². The van der Waals surface area contributed by atoms with E-state index in [0.29, 0.717) is 22.5 Å². The molecule has 9 heteroatoms. The Labute approximate surface area is 188 Å². The first kappa shape index (κ1) is 20.5. The first-order valence-corrected chi connectivity index (χ1v) is 10.7. The summed E-state index contributed by atoms with van der Waals surface area (Å²) in [5.74, 6) is -1.65. The molecule has 0 amide bonds. The molecule has 2 aliphatic heterocycles. The van der Waals surface area contributed by atoms with Crippen LogP contribution in [0.1, 0.15) is 6.42 Å². The minimum absolute atomic E-state index is 0.130. The van der Waals surface area contributed by atoms with Crippen molar-refractivity contribution in [3.05, 3.63) is 69.9 Å². The molecule has 2 aliphatic rings. The van der Waals surface area contributed by atoms with E-state index >= 15 is 0 Å². The highest BCUT2D eigenvalue weighted by molar-refractivity contribution is 6.31. The Bertz CT molecular complexity index is 1320. The summed E-state index contributed by atoms with van der Waals surface area (Å²) in [6.45, 7) is 2.02. The summed E-state index contributed by atoms with van der Waals surface area (Å²) in [5.41, 5.74) is 1.25. The van der Waals surface area contributed by atoms with E-state index in [-0.39, 0.29) is 10.8 Å². The fraction of sp³-hybridized carbons (Fsp3) is 0.261. The summed E-state index contributed by atoms with van der Waals surface area (Å²) >= 11 is 5.91. The maximum atomic E-state index is 13.6. The number of nitrogens with zero attached hydrogens (tertiary/aromatic N) is 4. The molecule has 164 valence electrons.